The zero-order chi connectivity index (χ0) is 23.4. The Hall–Kier alpha value is -4.27. The molecule has 2 N–H and O–H groups in total. The normalized spacial score (nSPS) is 15.4. The van der Waals surface area contributed by atoms with Crippen molar-refractivity contribution < 1.29 is 37.3 Å². The van der Waals surface area contributed by atoms with E-state index in [-0.39, 0.29) is 16.9 Å². The van der Waals surface area contributed by atoms with Crippen LogP contribution in [-0.4, -0.2) is 16.2 Å². The van der Waals surface area contributed by atoms with Crippen molar-refractivity contribution in [3.63, 3.8) is 0 Å². The molecule has 3 aromatic carbocycles. The molecule has 1 aliphatic rings. The zero-order valence-corrected chi connectivity index (χ0v) is 16.6. The fraction of sp³-hybridized carbons (Fsp3) is 0.0833. The van der Waals surface area contributed by atoms with Gasteiger partial charge in [-0.15, -0.1) is 0 Å². The molecule has 0 bridgehead atoms. The second-order valence-corrected chi connectivity index (χ2v) is 7.48. The van der Waals surface area contributed by atoms with E-state index in [1.807, 2.05) is 0 Å². The van der Waals surface area contributed by atoms with Gasteiger partial charge in [0.2, 0.25) is 5.75 Å². The summed E-state index contributed by atoms with van der Waals surface area (Å²) >= 11 is 0. The lowest BCUT2D eigenvalue weighted by Crippen LogP contribution is -2.23. The summed E-state index contributed by atoms with van der Waals surface area (Å²) in [4.78, 5) is 25.1. The average molecular weight is 454 g/mol. The van der Waals surface area contributed by atoms with Crippen molar-refractivity contribution in [2.45, 2.75) is 12.3 Å². The second-order valence-electron chi connectivity index (χ2n) is 7.48. The SMILES string of the molecule is O=C1CC(c2ccc(F)c(F)c2F)c2c(c(O)c(O)c3c(=O)cc(-c4ccccc4)oc23)O1. The van der Waals surface area contributed by atoms with E-state index in [1.54, 1.807) is 30.3 Å². The molecule has 0 radical (unpaired) electrons. The maximum absolute atomic E-state index is 14.7. The van der Waals surface area contributed by atoms with Gasteiger partial charge in [0.1, 0.15) is 16.7 Å². The highest BCUT2D eigenvalue weighted by molar-refractivity contribution is 5.96. The van der Waals surface area contributed by atoms with Gasteiger partial charge in [-0.2, -0.15) is 0 Å². The largest absolute Gasteiger partial charge is 0.504 e. The van der Waals surface area contributed by atoms with E-state index >= 15 is 0 Å². The molecule has 4 aromatic rings. The second kappa shape index (κ2) is 7.40. The van der Waals surface area contributed by atoms with Crippen molar-refractivity contribution in [1.82, 2.24) is 0 Å². The van der Waals surface area contributed by atoms with Crippen LogP contribution in [0.25, 0.3) is 22.3 Å². The standard InChI is InChI=1S/C24H13F3O6/c25-13-7-6-11(19(26)20(13)27)12-8-16(29)33-24-17(12)23-18(21(30)22(24)31)14(28)9-15(32-23)10-4-2-1-3-5-10/h1-7,9,12,30-31H,8H2. The number of phenolic OH excluding ortho intramolecular Hbond substituents is 2. The summed E-state index contributed by atoms with van der Waals surface area (Å²) in [6.45, 7) is 0. The molecule has 9 heteroatoms. The monoisotopic (exact) mass is 454 g/mol. The van der Waals surface area contributed by atoms with Crippen LogP contribution in [0.5, 0.6) is 17.2 Å². The van der Waals surface area contributed by atoms with Gasteiger partial charge in [-0.3, -0.25) is 9.59 Å². The zero-order valence-electron chi connectivity index (χ0n) is 16.6. The molecule has 1 atom stereocenters. The van der Waals surface area contributed by atoms with Crippen LogP contribution in [0.3, 0.4) is 0 Å². The molecular weight excluding hydrogens is 441 g/mol. The number of carbonyl (C=O) groups excluding carboxylic acids is 1. The van der Waals surface area contributed by atoms with E-state index in [1.165, 1.54) is 0 Å². The number of hydrogen-bond acceptors (Lipinski definition) is 6. The van der Waals surface area contributed by atoms with Crippen molar-refractivity contribution in [1.29, 1.82) is 0 Å². The number of carbonyl (C=O) groups is 1. The molecule has 6 nitrogen and oxygen atoms in total. The molecule has 0 saturated heterocycles. The quantitative estimate of drug-likeness (QED) is 0.197. The number of benzene rings is 3. The smallest absolute Gasteiger partial charge is 0.312 e. The Balaban J connectivity index is 1.89. The van der Waals surface area contributed by atoms with Crippen LogP contribution in [0.1, 0.15) is 23.5 Å². The molecule has 2 heterocycles. The van der Waals surface area contributed by atoms with Crippen molar-refractivity contribution in [3.8, 4) is 28.6 Å². The summed E-state index contributed by atoms with van der Waals surface area (Å²) in [7, 11) is 0. The predicted molar refractivity (Wildman–Crippen MR) is 110 cm³/mol. The van der Waals surface area contributed by atoms with Crippen LogP contribution in [-0.2, 0) is 4.79 Å². The summed E-state index contributed by atoms with van der Waals surface area (Å²) in [5.41, 5.74) is -1.08. The van der Waals surface area contributed by atoms with Gasteiger partial charge in [-0.25, -0.2) is 13.2 Å². The van der Waals surface area contributed by atoms with E-state index in [4.69, 9.17) is 9.15 Å². The lowest BCUT2D eigenvalue weighted by molar-refractivity contribution is -0.135. The van der Waals surface area contributed by atoms with Crippen molar-refractivity contribution >= 4 is 16.9 Å². The fourth-order valence-electron chi connectivity index (χ4n) is 4.03. The molecule has 0 aliphatic carbocycles. The average Bonchev–Trinajstić information content (AvgIpc) is 2.80. The van der Waals surface area contributed by atoms with E-state index in [9.17, 15) is 33.0 Å². The van der Waals surface area contributed by atoms with Gasteiger partial charge in [0.25, 0.3) is 0 Å². The van der Waals surface area contributed by atoms with Gasteiger partial charge in [0.15, 0.2) is 34.4 Å². The number of hydrogen-bond donors (Lipinski definition) is 2. The third-order valence-electron chi connectivity index (χ3n) is 5.55. The summed E-state index contributed by atoms with van der Waals surface area (Å²) in [6, 6.07) is 11.2. The number of phenols is 2. The lowest BCUT2D eigenvalue weighted by Gasteiger charge is -2.27. The van der Waals surface area contributed by atoms with Gasteiger partial charge in [-0.1, -0.05) is 36.4 Å². The van der Waals surface area contributed by atoms with Crippen LogP contribution in [0.15, 0.2) is 57.7 Å². The topological polar surface area (TPSA) is 97.0 Å². The van der Waals surface area contributed by atoms with Gasteiger partial charge >= 0.3 is 5.97 Å². The van der Waals surface area contributed by atoms with Crippen molar-refractivity contribution in [2.75, 3.05) is 0 Å². The first kappa shape index (κ1) is 20.6. The van der Waals surface area contributed by atoms with Crippen molar-refractivity contribution in [3.05, 3.63) is 87.3 Å². The molecule has 1 aliphatic heterocycles. The Bertz CT molecular complexity index is 1510. The Labute approximate surface area is 183 Å². The molecular formula is C24H13F3O6. The number of aromatic hydroxyl groups is 2. The summed E-state index contributed by atoms with van der Waals surface area (Å²) in [6.07, 6.45) is -0.520. The minimum Gasteiger partial charge on any atom is -0.504 e. The van der Waals surface area contributed by atoms with Gasteiger partial charge in [-0.05, 0) is 11.6 Å². The Kier molecular flexibility index (Phi) is 4.63. The Morgan fingerprint density at radius 1 is 0.909 bits per heavy atom. The molecule has 166 valence electrons. The highest BCUT2D eigenvalue weighted by Crippen LogP contribution is 2.52. The first-order valence-corrected chi connectivity index (χ1v) is 9.73. The van der Waals surface area contributed by atoms with E-state index in [2.05, 4.69) is 0 Å². The summed E-state index contributed by atoms with van der Waals surface area (Å²) in [5.74, 6) is -9.23. The Morgan fingerprint density at radius 2 is 1.64 bits per heavy atom. The van der Waals surface area contributed by atoms with E-state index < -0.39 is 69.4 Å². The maximum atomic E-state index is 14.7. The van der Waals surface area contributed by atoms with Gasteiger partial charge < -0.3 is 19.4 Å². The minimum atomic E-state index is -1.74. The van der Waals surface area contributed by atoms with Gasteiger partial charge in [0, 0.05) is 17.5 Å². The molecule has 1 aromatic heterocycles. The third kappa shape index (κ3) is 3.12. The van der Waals surface area contributed by atoms with E-state index in [0.29, 0.717) is 11.6 Å². The summed E-state index contributed by atoms with van der Waals surface area (Å²) in [5, 5.41) is 20.5. The highest BCUT2D eigenvalue weighted by Gasteiger charge is 2.38. The third-order valence-corrected chi connectivity index (χ3v) is 5.55. The fourth-order valence-corrected chi connectivity index (χ4v) is 4.03. The van der Waals surface area contributed by atoms with Crippen LogP contribution >= 0.6 is 0 Å². The number of fused-ring (bicyclic) bond motifs is 3. The van der Waals surface area contributed by atoms with E-state index in [0.717, 1.165) is 12.1 Å². The first-order chi connectivity index (χ1) is 15.8. The molecule has 0 spiro atoms. The van der Waals surface area contributed by atoms with Crippen LogP contribution in [0, 0.1) is 17.5 Å². The lowest BCUT2D eigenvalue weighted by atomic mass is 9.84. The predicted octanol–water partition coefficient (Wildman–Crippen LogP) is 4.73. The molecule has 0 fully saturated rings. The maximum Gasteiger partial charge on any atom is 0.312 e. The molecule has 0 amide bonds. The highest BCUT2D eigenvalue weighted by atomic mass is 19.2. The Morgan fingerprint density at radius 3 is 2.36 bits per heavy atom. The first-order valence-electron chi connectivity index (χ1n) is 9.73. The van der Waals surface area contributed by atoms with Crippen LogP contribution in [0.4, 0.5) is 13.2 Å². The summed E-state index contributed by atoms with van der Waals surface area (Å²) < 4.78 is 53.2. The number of halogens is 3. The van der Waals surface area contributed by atoms with Crippen molar-refractivity contribution in [2.24, 2.45) is 0 Å². The number of esters is 1. The number of ether oxygens (including phenoxy) is 1. The number of rotatable bonds is 2. The molecule has 33 heavy (non-hydrogen) atoms. The van der Waals surface area contributed by atoms with Gasteiger partial charge in [0.05, 0.1) is 12.0 Å². The molecule has 1 unspecified atom stereocenters. The van der Waals surface area contributed by atoms with Crippen LogP contribution < -0.4 is 10.2 Å². The van der Waals surface area contributed by atoms with Crippen LogP contribution in [0.2, 0.25) is 0 Å². The molecule has 0 saturated carbocycles. The molecule has 5 rings (SSSR count). The minimum absolute atomic E-state index is 0.0850.